The van der Waals surface area contributed by atoms with Crippen LogP contribution >= 0.6 is 0 Å². The quantitative estimate of drug-likeness (QED) is 0.0925. The molecule has 8 bridgehead atoms. The normalized spacial score (nSPS) is 36.2. The third-order valence-electron chi connectivity index (χ3n) is 15.4. The summed E-state index contributed by atoms with van der Waals surface area (Å²) in [6.45, 7) is 14.4. The minimum atomic E-state index is -1.41. The lowest BCUT2D eigenvalue weighted by Crippen LogP contribution is -2.60. The maximum Gasteiger partial charge on any atom is 0.303 e. The number of aliphatic imine (C=N–C) groups is 3. The Labute approximate surface area is 366 Å². The molecular weight excluding hydrogens is 817 g/mol. The molecule has 0 spiro atoms. The summed E-state index contributed by atoms with van der Waals surface area (Å²) in [5.41, 5.74) is 9.43. The minimum Gasteiger partial charge on any atom is -0.481 e. The van der Waals surface area contributed by atoms with Crippen LogP contribution in [0.3, 0.4) is 0 Å². The Morgan fingerprint density at radius 2 is 1.17 bits per heavy atom. The molecule has 0 radical (unpaired) electrons. The van der Waals surface area contributed by atoms with Crippen molar-refractivity contribution >= 4 is 58.8 Å². The molecule has 0 aromatic carbocycles. The molecular formula is C45H62N6O12. The highest BCUT2D eigenvalue weighted by molar-refractivity contribution is 6.12. The Bertz CT molecular complexity index is 2220. The first-order valence-corrected chi connectivity index (χ1v) is 21.4. The van der Waals surface area contributed by atoms with Gasteiger partial charge in [-0.1, -0.05) is 34.6 Å². The number of carboxylic acid groups (broad SMARTS) is 5. The molecule has 18 nitrogen and oxygen atoms in total. The highest BCUT2D eigenvalue weighted by Crippen LogP contribution is 2.62. The van der Waals surface area contributed by atoms with Crippen LogP contribution in [0.5, 0.6) is 0 Å². The van der Waals surface area contributed by atoms with Crippen LogP contribution in [0.4, 0.5) is 0 Å². The lowest BCUT2D eigenvalue weighted by Gasteiger charge is -2.48. The van der Waals surface area contributed by atoms with Gasteiger partial charge < -0.3 is 42.3 Å². The second-order valence-corrected chi connectivity index (χ2v) is 19.6. The minimum absolute atomic E-state index is 0.0260. The maximum atomic E-state index is 13.3. The first kappa shape index (κ1) is 48.4. The van der Waals surface area contributed by atoms with Crippen molar-refractivity contribution in [3.63, 3.8) is 0 Å². The summed E-state index contributed by atoms with van der Waals surface area (Å²) in [5.74, 6) is -9.99. The molecule has 1 saturated heterocycles. The molecule has 5 rings (SSSR count). The summed E-state index contributed by atoms with van der Waals surface area (Å²) in [4.78, 5) is 104. The number of nitrogens with two attached hydrogens (primary N) is 2. The number of nitrogens with one attached hydrogen (secondary N) is 1. The van der Waals surface area contributed by atoms with Crippen molar-refractivity contribution in [2.45, 2.75) is 138 Å². The van der Waals surface area contributed by atoms with E-state index in [9.17, 15) is 59.1 Å². The van der Waals surface area contributed by atoms with E-state index in [1.54, 1.807) is 47.6 Å². The van der Waals surface area contributed by atoms with Crippen molar-refractivity contribution < 1.29 is 59.1 Å². The molecule has 0 aromatic rings. The predicted molar refractivity (Wildman–Crippen MR) is 231 cm³/mol. The zero-order valence-electron chi connectivity index (χ0n) is 37.3. The van der Waals surface area contributed by atoms with E-state index in [1.165, 1.54) is 0 Å². The number of fused-ring (bicyclic) bond motifs is 6. The molecule has 10 N–H and O–H groups in total. The van der Waals surface area contributed by atoms with Crippen molar-refractivity contribution in [3.05, 3.63) is 34.3 Å². The summed E-state index contributed by atoms with van der Waals surface area (Å²) in [6.07, 6.45) is -0.496. The lowest BCUT2D eigenvalue weighted by molar-refractivity contribution is -0.140. The fourth-order valence-electron chi connectivity index (χ4n) is 11.9. The zero-order valence-corrected chi connectivity index (χ0v) is 37.3. The van der Waals surface area contributed by atoms with Gasteiger partial charge in [-0.15, -0.1) is 0 Å². The summed E-state index contributed by atoms with van der Waals surface area (Å²) >= 11 is 0. The summed E-state index contributed by atoms with van der Waals surface area (Å²) < 4.78 is 0. The van der Waals surface area contributed by atoms with Crippen LogP contribution in [-0.2, 0) is 33.6 Å². The third-order valence-corrected chi connectivity index (χ3v) is 15.4. The van der Waals surface area contributed by atoms with E-state index in [4.69, 9.17) is 26.4 Å². The van der Waals surface area contributed by atoms with Crippen LogP contribution in [0.15, 0.2) is 49.3 Å². The third kappa shape index (κ3) is 8.56. The number of aliphatic carboxylic acids is 5. The van der Waals surface area contributed by atoms with Crippen molar-refractivity contribution in [2.75, 3.05) is 0 Å². The topological polar surface area (TPSA) is 322 Å². The Hall–Kier alpha value is -5.68. The van der Waals surface area contributed by atoms with E-state index in [2.05, 4.69) is 5.32 Å². The molecule has 5 heterocycles. The number of carbonyl (C=O) groups excluding carboxylic acids is 2. The van der Waals surface area contributed by atoms with Gasteiger partial charge in [0.1, 0.15) is 0 Å². The van der Waals surface area contributed by atoms with E-state index in [1.807, 2.05) is 13.8 Å². The number of carboxylic acids is 5. The van der Waals surface area contributed by atoms with Crippen molar-refractivity contribution in [2.24, 2.45) is 71.8 Å². The Kier molecular flexibility index (Phi) is 13.1. The number of nitrogens with zero attached hydrogens (tertiary/aromatic N) is 3. The monoisotopic (exact) mass is 878 g/mol. The van der Waals surface area contributed by atoms with Gasteiger partial charge in [0.2, 0.25) is 11.8 Å². The Morgan fingerprint density at radius 3 is 1.68 bits per heavy atom. The molecule has 5 aliphatic heterocycles. The van der Waals surface area contributed by atoms with Gasteiger partial charge >= 0.3 is 29.8 Å². The van der Waals surface area contributed by atoms with Gasteiger partial charge in [-0.25, -0.2) is 0 Å². The molecule has 1 fully saturated rings. The molecule has 9 unspecified atom stereocenters. The number of hydrogen-bond donors (Lipinski definition) is 8. The van der Waals surface area contributed by atoms with Gasteiger partial charge in [-0.2, -0.15) is 0 Å². The smallest absolute Gasteiger partial charge is 0.303 e. The highest BCUT2D eigenvalue weighted by Gasteiger charge is 2.67. The van der Waals surface area contributed by atoms with Gasteiger partial charge in [0.05, 0.1) is 23.7 Å². The molecule has 344 valence electrons. The van der Waals surface area contributed by atoms with Gasteiger partial charge in [-0.05, 0) is 63.7 Å². The molecule has 2 amide bonds. The van der Waals surface area contributed by atoms with Crippen LogP contribution in [0.25, 0.3) is 0 Å². The van der Waals surface area contributed by atoms with Gasteiger partial charge in [-0.3, -0.25) is 48.5 Å². The largest absolute Gasteiger partial charge is 0.481 e. The number of allylic oxidation sites excluding steroid dienone is 6. The van der Waals surface area contributed by atoms with Crippen LogP contribution in [0.2, 0.25) is 0 Å². The zero-order chi connectivity index (χ0) is 47.4. The SMILES string of the molecule is C/C1=C2N=C(/C=C3N=C(/C(C)=C4\NC(C)(C5N=C1C(C)(CCC(=O)O)C5CC(=O)O)C(C)(CC(N)=O)C4CCC(=O)O)C(C)(CC(N)=O)C\3CCC(=O)O)C(C)(C)C/2CCC(=O)O. The van der Waals surface area contributed by atoms with Crippen molar-refractivity contribution in [1.82, 2.24) is 5.32 Å². The van der Waals surface area contributed by atoms with E-state index in [0.29, 0.717) is 45.4 Å². The van der Waals surface area contributed by atoms with E-state index in [0.717, 1.165) is 0 Å². The predicted octanol–water partition coefficient (Wildman–Crippen LogP) is 4.72. The molecule has 9 atom stereocenters. The second-order valence-electron chi connectivity index (χ2n) is 19.6. The van der Waals surface area contributed by atoms with Crippen molar-refractivity contribution in [3.8, 4) is 0 Å². The highest BCUT2D eigenvalue weighted by atomic mass is 16.4. The molecule has 0 aromatic heterocycles. The maximum absolute atomic E-state index is 13.3. The van der Waals surface area contributed by atoms with E-state index < -0.39 is 105 Å². The van der Waals surface area contributed by atoms with Crippen LogP contribution in [0.1, 0.15) is 126 Å². The molecule has 18 heteroatoms. The molecule has 0 aliphatic carbocycles. The van der Waals surface area contributed by atoms with Gasteiger partial charge in [0.15, 0.2) is 0 Å². The summed E-state index contributed by atoms with van der Waals surface area (Å²) in [7, 11) is 0. The van der Waals surface area contributed by atoms with Crippen LogP contribution < -0.4 is 16.8 Å². The number of amides is 2. The fourth-order valence-corrected chi connectivity index (χ4v) is 11.9. The summed E-state index contributed by atoms with van der Waals surface area (Å²) in [6, 6.07) is -1.03. The number of primary amides is 2. The fraction of sp³-hybridized carbons (Fsp3) is 0.644. The van der Waals surface area contributed by atoms with E-state index >= 15 is 0 Å². The molecule has 5 aliphatic rings. The number of hydrogen-bond acceptors (Lipinski definition) is 11. The lowest BCUT2D eigenvalue weighted by atomic mass is 9.56. The van der Waals surface area contributed by atoms with Gasteiger partial charge in [0.25, 0.3) is 0 Å². The van der Waals surface area contributed by atoms with Gasteiger partial charge in [0, 0.05) is 112 Å². The van der Waals surface area contributed by atoms with Crippen molar-refractivity contribution in [1.29, 1.82) is 0 Å². The van der Waals surface area contributed by atoms with Crippen LogP contribution in [0, 0.1) is 45.3 Å². The molecule has 63 heavy (non-hydrogen) atoms. The average molecular weight is 879 g/mol. The van der Waals surface area contributed by atoms with Crippen LogP contribution in [-0.4, -0.2) is 95.9 Å². The number of rotatable bonds is 18. The first-order valence-electron chi connectivity index (χ1n) is 21.4. The number of carbonyl (C=O) groups is 7. The van der Waals surface area contributed by atoms with E-state index in [-0.39, 0.29) is 64.2 Å². The standard InChI is InChI=1S/C45H62N6O12/c1-21-36-24(10-13-32(56)57)41(3,4)28(49-36)18-27-23(9-12-31(54)55)43(6,19-29(46)52)39(48-27)22(2)37-25(11-14-33(58)59)44(7,20-30(47)53)45(8,51-37)40-26(17-35(62)63)42(5,38(21)50-40)16-15-34(60)61/h18,23-26,40,51H,9-17,19-20H2,1-8H3,(H2,46,52)(H2,47,53)(H,54,55)(H,56,57)(H,58,59)(H,60,61)(H,62,63)/b27-18-,36-21-,37-22-. The molecule has 0 saturated carbocycles. The first-order chi connectivity index (χ1) is 29.0. The summed E-state index contributed by atoms with van der Waals surface area (Å²) in [5, 5.41) is 54.3. The average Bonchev–Trinajstić information content (AvgIpc) is 3.75. The Balaban J connectivity index is 2.02. The second kappa shape index (κ2) is 17.1. The Morgan fingerprint density at radius 1 is 0.651 bits per heavy atom.